The zero-order chi connectivity index (χ0) is 74.0. The summed E-state index contributed by atoms with van der Waals surface area (Å²) in [5.74, 6) is -6.63. The van der Waals surface area contributed by atoms with E-state index in [0.29, 0.717) is 28.2 Å². The summed E-state index contributed by atoms with van der Waals surface area (Å²) in [5.41, 5.74) is -0.591. The molecule has 2 saturated heterocycles. The summed E-state index contributed by atoms with van der Waals surface area (Å²) in [5, 5.41) is 0. The Hall–Kier alpha value is -11.9. The first-order valence-corrected chi connectivity index (χ1v) is 34.8. The van der Waals surface area contributed by atoms with Gasteiger partial charge in [0.05, 0.1) is 59.8 Å². The summed E-state index contributed by atoms with van der Waals surface area (Å²) in [7, 11) is -3.23. The van der Waals surface area contributed by atoms with Gasteiger partial charge in [-0.1, -0.05) is 182 Å². The van der Waals surface area contributed by atoms with E-state index in [-0.39, 0.29) is 38.9 Å². The van der Waals surface area contributed by atoms with Crippen molar-refractivity contribution in [1.82, 2.24) is 0 Å². The minimum atomic E-state index is -6.23. The third-order valence-corrected chi connectivity index (χ3v) is 18.2. The van der Waals surface area contributed by atoms with Crippen molar-refractivity contribution >= 4 is 49.6 Å². The van der Waals surface area contributed by atoms with E-state index in [1.54, 1.807) is 170 Å². The van der Waals surface area contributed by atoms with E-state index in [1.807, 2.05) is 0 Å². The highest BCUT2D eigenvalue weighted by atomic mass is 31.2. The smallest absolute Gasteiger partial charge is 0.475 e. The first-order valence-electron chi connectivity index (χ1n) is 33.4. The maximum absolute atomic E-state index is 16.1. The number of carbonyl (C=O) groups excluding carboxylic acids is 7. The fraction of sp³-hybridized carbons (Fsp3) is 0.183. The average Bonchev–Trinajstić information content (AvgIpc) is 0.748. The van der Waals surface area contributed by atoms with Gasteiger partial charge < -0.3 is 61.7 Å². The van der Waals surface area contributed by atoms with Crippen molar-refractivity contribution in [3.05, 3.63) is 347 Å². The zero-order valence-electron chi connectivity index (χ0n) is 56.8. The van der Waals surface area contributed by atoms with Crippen molar-refractivity contribution in [1.29, 1.82) is 0 Å². The first kappa shape index (κ1) is 73.8. The number of methoxy groups -OCH3 is 2. The van der Waals surface area contributed by atoms with Crippen LogP contribution in [0.25, 0.3) is 0 Å². The molecule has 0 aromatic heterocycles. The summed E-state index contributed by atoms with van der Waals surface area (Å²) >= 11 is 0. The van der Waals surface area contributed by atoms with Crippen LogP contribution in [0.4, 0.5) is 0 Å². The molecule has 12 rings (SSSR count). The van der Waals surface area contributed by atoms with E-state index in [9.17, 15) is 38.5 Å². The van der Waals surface area contributed by atoms with Gasteiger partial charge in [-0.2, -0.15) is 0 Å². The molecular formula is C82H69O23P. The van der Waals surface area contributed by atoms with Gasteiger partial charge in [0.2, 0.25) is 18.7 Å². The van der Waals surface area contributed by atoms with Crippen LogP contribution in [0.15, 0.2) is 291 Å². The molecule has 2 fully saturated rings. The van der Waals surface area contributed by atoms with Crippen LogP contribution in [0.1, 0.15) is 89.2 Å². The number of ether oxygens (including phenoxy) is 12. The molecule has 540 valence electrons. The molecule has 0 aliphatic carbocycles. The monoisotopic (exact) mass is 1450 g/mol. The predicted molar refractivity (Wildman–Crippen MR) is 378 cm³/mol. The van der Waals surface area contributed by atoms with Crippen molar-refractivity contribution in [2.45, 2.75) is 67.0 Å². The third kappa shape index (κ3) is 17.8. The van der Waals surface area contributed by atoms with Gasteiger partial charge in [0.1, 0.15) is 42.0 Å². The number of rotatable bonds is 27. The third-order valence-electron chi connectivity index (χ3n) is 17.2. The highest BCUT2D eigenvalue weighted by molar-refractivity contribution is 7.47. The molecule has 1 N–H and O–H groups in total. The van der Waals surface area contributed by atoms with Gasteiger partial charge in [-0.3, -0.25) is 9.05 Å². The minimum absolute atomic E-state index is 0.0130. The normalized spacial score (nSPS) is 20.3. The van der Waals surface area contributed by atoms with Crippen LogP contribution in [-0.4, -0.2) is 136 Å². The molecule has 0 saturated carbocycles. The van der Waals surface area contributed by atoms with Crippen molar-refractivity contribution in [2.24, 2.45) is 0 Å². The predicted octanol–water partition coefficient (Wildman–Crippen LogP) is 12.8. The number of hydrogen-bond acceptors (Lipinski definition) is 22. The molecule has 0 bridgehead atoms. The van der Waals surface area contributed by atoms with E-state index in [0.717, 1.165) is 0 Å². The van der Waals surface area contributed by atoms with Gasteiger partial charge in [0.15, 0.2) is 24.4 Å². The fourth-order valence-electron chi connectivity index (χ4n) is 12.0. The Labute approximate surface area is 608 Å². The van der Waals surface area contributed by atoms with Gasteiger partial charge in [-0.15, -0.1) is 0 Å². The number of esters is 7. The van der Waals surface area contributed by atoms with Crippen molar-refractivity contribution in [3.8, 4) is 11.5 Å². The molecule has 11 atom stereocenters. The van der Waals surface area contributed by atoms with Crippen molar-refractivity contribution in [3.63, 3.8) is 0 Å². The molecule has 10 aromatic rings. The quantitative estimate of drug-likeness (QED) is 0.0217. The highest BCUT2D eigenvalue weighted by Gasteiger charge is 2.59. The lowest BCUT2D eigenvalue weighted by Gasteiger charge is -2.46. The van der Waals surface area contributed by atoms with Crippen molar-refractivity contribution < 1.29 is 109 Å². The molecule has 0 radical (unpaired) electrons. The summed E-state index contributed by atoms with van der Waals surface area (Å²) in [4.78, 5) is 115. The lowest BCUT2D eigenvalue weighted by Crippen LogP contribution is -2.64. The summed E-state index contributed by atoms with van der Waals surface area (Å²) in [6.45, 7) is -1.71. The lowest BCUT2D eigenvalue weighted by molar-refractivity contribution is -0.293. The van der Waals surface area contributed by atoms with Crippen molar-refractivity contribution in [2.75, 3.05) is 27.4 Å². The van der Waals surface area contributed by atoms with Crippen LogP contribution in [0.5, 0.6) is 11.5 Å². The molecule has 0 spiro atoms. The van der Waals surface area contributed by atoms with E-state index in [4.69, 9.17) is 65.9 Å². The van der Waals surface area contributed by atoms with Crippen LogP contribution in [0.2, 0.25) is 0 Å². The Balaban J connectivity index is 1.02. The molecule has 24 heteroatoms. The van der Waals surface area contributed by atoms with Gasteiger partial charge in [0, 0.05) is 0 Å². The number of hydrogen-bond donors (Lipinski definition) is 1. The first-order chi connectivity index (χ1) is 51.6. The maximum atomic E-state index is 16.1. The maximum Gasteiger partial charge on any atom is 0.475 e. The summed E-state index contributed by atoms with van der Waals surface area (Å²) < 4.78 is 104. The largest absolute Gasteiger partial charge is 0.497 e. The van der Waals surface area contributed by atoms with Gasteiger partial charge in [-0.05, 0) is 126 Å². The van der Waals surface area contributed by atoms with Crippen LogP contribution in [0.3, 0.4) is 0 Å². The molecular weight excluding hydrogens is 1380 g/mol. The Morgan fingerprint density at radius 2 is 0.604 bits per heavy atom. The molecule has 0 amide bonds. The van der Waals surface area contributed by atoms with Crippen LogP contribution >= 0.6 is 7.82 Å². The molecule has 2 aliphatic heterocycles. The molecule has 10 aromatic carbocycles. The zero-order valence-corrected chi connectivity index (χ0v) is 57.7. The minimum Gasteiger partial charge on any atom is -0.497 e. The van der Waals surface area contributed by atoms with E-state index in [2.05, 4.69) is 0 Å². The fourth-order valence-corrected chi connectivity index (χ4v) is 13.0. The van der Waals surface area contributed by atoms with E-state index >= 15 is 4.57 Å². The van der Waals surface area contributed by atoms with Crippen LogP contribution in [-0.2, 0) is 66.6 Å². The van der Waals surface area contributed by atoms with E-state index in [1.165, 1.54) is 136 Å². The van der Waals surface area contributed by atoms with Gasteiger partial charge in [0.25, 0.3) is 0 Å². The Morgan fingerprint density at radius 3 is 0.972 bits per heavy atom. The standard InChI is InChI=1S/C82H69O23P/c1-92-63-47-43-61(44-48-63)82(60-41-25-10-26-42-60,62-45-49-64(93-2)50-46-62)95-52-66-67(98-74(84)54-29-13-4-14-30-54)69(99-75(85)55-31-15-5-16-32-55)72(102-78(88)58-37-21-8-22-38-58)81(97-66)105-106(90,91)104-68-65(51-94-73(83)53-27-11-3-12-28-53)96-80(103-79(89)59-39-23-9-24-40-59)71(101-77(87)57-35-19-7-20-36-57)70(68)100-76(86)56-33-17-6-18-34-56/h3-50,65-72,80-81H,51-52H2,1-2H3,(H,90,91)/t65-,66-,67-,68-,69+,70+,71+,72+,80-,81-/m1/s1. The van der Waals surface area contributed by atoms with Gasteiger partial charge in [-0.25, -0.2) is 38.1 Å². The SMILES string of the molecule is COc1ccc(C(OC[C@H]2O[C@H](OP(=O)(O)O[C@H]3[C@H](OC(=O)c4ccccc4)[C@H](OC(=O)c4ccccc4)[C@@H](OC(=O)c4ccccc4)O[C@@H]3COC(=O)c3ccccc3)[C@@H](OC(=O)c3ccccc3)[C@@H](OC(=O)c3ccccc3)[C@@H]2OC(=O)c2ccccc2)(c2ccccc2)c2ccc(OC)cc2)cc1. The second-order valence-corrected chi connectivity index (χ2v) is 25.3. The number of benzene rings is 10. The average molecular weight is 1450 g/mol. The Kier molecular flexibility index (Phi) is 24.1. The number of carbonyl (C=O) groups is 7. The highest BCUT2D eigenvalue weighted by Crippen LogP contribution is 2.52. The Bertz CT molecular complexity index is 4600. The summed E-state index contributed by atoms with van der Waals surface area (Å²) in [6.07, 6.45) is -21.6. The van der Waals surface area contributed by atoms with Crippen LogP contribution < -0.4 is 9.47 Å². The topological polar surface area (TPSA) is 286 Å². The molecule has 106 heavy (non-hydrogen) atoms. The second-order valence-electron chi connectivity index (χ2n) is 24.0. The molecule has 1 unspecified atom stereocenters. The summed E-state index contributed by atoms with van der Waals surface area (Å²) in [6, 6.07) is 75.5. The van der Waals surface area contributed by atoms with Crippen LogP contribution in [0, 0.1) is 0 Å². The molecule has 23 nitrogen and oxygen atoms in total. The Morgan fingerprint density at radius 1 is 0.321 bits per heavy atom. The second kappa shape index (κ2) is 34.6. The van der Waals surface area contributed by atoms with E-state index < -0.39 is 130 Å². The number of phosphoric ester groups is 1. The molecule has 2 heterocycles. The lowest BCUT2D eigenvalue weighted by atomic mass is 9.80. The number of phosphoric acid groups is 1. The van der Waals surface area contributed by atoms with Gasteiger partial charge >= 0.3 is 49.6 Å². The molecule has 2 aliphatic rings.